The zero-order chi connectivity index (χ0) is 15.5. The molecule has 0 aliphatic heterocycles. The minimum atomic E-state index is -2.92. The Bertz CT molecular complexity index is 526. The van der Waals surface area contributed by atoms with Crippen molar-refractivity contribution in [3.8, 4) is 5.75 Å². The average molecular weight is 299 g/mol. The molecule has 1 aliphatic carbocycles. The molecule has 1 aromatic rings. The lowest BCUT2D eigenvalue weighted by atomic mass is 10.1. The maximum atomic E-state index is 12.0. The fourth-order valence-electron chi connectivity index (χ4n) is 1.90. The van der Waals surface area contributed by atoms with Crippen LogP contribution < -0.4 is 10.2 Å². The third-order valence-corrected chi connectivity index (χ3v) is 3.54. The van der Waals surface area contributed by atoms with Crippen LogP contribution >= 0.6 is 0 Å². The molecule has 1 amide bonds. The molecule has 5 nitrogen and oxygen atoms in total. The lowest BCUT2D eigenvalue weighted by Crippen LogP contribution is -2.31. The summed E-state index contributed by atoms with van der Waals surface area (Å²) in [5, 5.41) is 0. The Morgan fingerprint density at radius 3 is 2.38 bits per heavy atom. The van der Waals surface area contributed by atoms with Crippen LogP contribution in [0.3, 0.4) is 0 Å². The molecule has 2 rings (SSSR count). The number of carbonyl (C=O) groups is 2. The zero-order valence-electron chi connectivity index (χ0n) is 11.4. The molecule has 0 bridgehead atoms. The number of carbonyl (C=O) groups excluding carboxylic acids is 2. The maximum absolute atomic E-state index is 12.0. The van der Waals surface area contributed by atoms with E-state index in [1.807, 2.05) is 6.92 Å². The first-order valence-electron chi connectivity index (χ1n) is 6.53. The van der Waals surface area contributed by atoms with E-state index < -0.39 is 23.9 Å². The Hall–Kier alpha value is -2.18. The van der Waals surface area contributed by atoms with Crippen LogP contribution in [-0.4, -0.2) is 18.5 Å². The molecule has 1 saturated carbocycles. The smallest absolute Gasteiger partial charge is 0.387 e. The number of ether oxygens (including phenoxy) is 1. The normalized spacial score (nSPS) is 15.4. The fourth-order valence-corrected chi connectivity index (χ4v) is 1.90. The molecule has 0 radical (unpaired) electrons. The van der Waals surface area contributed by atoms with Crippen LogP contribution in [0.4, 0.5) is 8.78 Å². The van der Waals surface area contributed by atoms with Gasteiger partial charge in [-0.1, -0.05) is 6.92 Å². The van der Waals surface area contributed by atoms with E-state index in [9.17, 15) is 18.4 Å². The monoisotopic (exact) mass is 299 g/mol. The lowest BCUT2D eigenvalue weighted by Gasteiger charge is -2.11. The van der Waals surface area contributed by atoms with E-state index in [0.29, 0.717) is 6.42 Å². The van der Waals surface area contributed by atoms with E-state index in [2.05, 4.69) is 10.2 Å². The topological polar surface area (TPSA) is 64.6 Å². The van der Waals surface area contributed by atoms with Gasteiger partial charge in [0, 0.05) is 5.56 Å². The molecular formula is C14H15F2NO4. The van der Waals surface area contributed by atoms with Crippen molar-refractivity contribution in [2.24, 2.45) is 5.41 Å². The predicted octanol–water partition coefficient (Wildman–Crippen LogP) is 2.67. The van der Waals surface area contributed by atoms with E-state index in [4.69, 9.17) is 4.84 Å². The summed E-state index contributed by atoms with van der Waals surface area (Å²) in [6.07, 6.45) is 2.19. The molecule has 1 aliphatic rings. The van der Waals surface area contributed by atoms with Gasteiger partial charge in [0.15, 0.2) is 0 Å². The summed E-state index contributed by atoms with van der Waals surface area (Å²) in [6.45, 7) is -1.04. The third kappa shape index (κ3) is 3.68. The second kappa shape index (κ2) is 6.07. The van der Waals surface area contributed by atoms with Crippen molar-refractivity contribution >= 4 is 11.9 Å². The van der Waals surface area contributed by atoms with Gasteiger partial charge in [-0.15, -0.1) is 0 Å². The largest absolute Gasteiger partial charge is 0.435 e. The van der Waals surface area contributed by atoms with Crippen LogP contribution in [0.25, 0.3) is 0 Å². The number of nitrogens with one attached hydrogen (secondary N) is 1. The Morgan fingerprint density at radius 1 is 1.29 bits per heavy atom. The van der Waals surface area contributed by atoms with Crippen molar-refractivity contribution < 1.29 is 27.9 Å². The summed E-state index contributed by atoms with van der Waals surface area (Å²) in [4.78, 5) is 28.3. The van der Waals surface area contributed by atoms with Crippen molar-refractivity contribution in [1.29, 1.82) is 0 Å². The maximum Gasteiger partial charge on any atom is 0.387 e. The fraction of sp³-hybridized carbons (Fsp3) is 0.429. The summed E-state index contributed by atoms with van der Waals surface area (Å²) < 4.78 is 28.1. The number of hydrogen-bond acceptors (Lipinski definition) is 4. The molecule has 0 aromatic heterocycles. The van der Waals surface area contributed by atoms with Gasteiger partial charge in [-0.3, -0.25) is 4.79 Å². The van der Waals surface area contributed by atoms with Crippen LogP contribution in [0, 0.1) is 5.41 Å². The van der Waals surface area contributed by atoms with Gasteiger partial charge >= 0.3 is 12.6 Å². The van der Waals surface area contributed by atoms with Gasteiger partial charge in [0.2, 0.25) is 0 Å². The molecule has 0 unspecified atom stereocenters. The van der Waals surface area contributed by atoms with Crippen molar-refractivity contribution in [3.05, 3.63) is 29.8 Å². The van der Waals surface area contributed by atoms with Gasteiger partial charge in [-0.2, -0.15) is 14.3 Å². The highest BCUT2D eigenvalue weighted by Gasteiger charge is 2.50. The molecule has 0 spiro atoms. The van der Waals surface area contributed by atoms with Crippen LogP contribution in [-0.2, 0) is 9.63 Å². The number of rotatable bonds is 5. The number of halogens is 2. The SMILES string of the molecule is CCC1(C(=O)ONC(=O)c2ccc(OC(F)F)cc2)CC1. The van der Waals surface area contributed by atoms with Gasteiger partial charge < -0.3 is 9.57 Å². The van der Waals surface area contributed by atoms with Crippen LogP contribution in [0.15, 0.2) is 24.3 Å². The summed E-state index contributed by atoms with van der Waals surface area (Å²) in [7, 11) is 0. The van der Waals surface area contributed by atoms with Crippen molar-refractivity contribution in [2.45, 2.75) is 32.8 Å². The van der Waals surface area contributed by atoms with E-state index in [-0.39, 0.29) is 11.3 Å². The van der Waals surface area contributed by atoms with Crippen molar-refractivity contribution in [3.63, 3.8) is 0 Å². The third-order valence-electron chi connectivity index (χ3n) is 3.54. The van der Waals surface area contributed by atoms with Crippen molar-refractivity contribution in [2.75, 3.05) is 0 Å². The summed E-state index contributed by atoms with van der Waals surface area (Å²) in [6, 6.07) is 5.07. The first-order chi connectivity index (χ1) is 9.97. The highest BCUT2D eigenvalue weighted by Crippen LogP contribution is 2.49. The molecule has 1 aromatic carbocycles. The first-order valence-corrected chi connectivity index (χ1v) is 6.53. The van der Waals surface area contributed by atoms with E-state index in [1.54, 1.807) is 0 Å². The molecular weight excluding hydrogens is 284 g/mol. The molecule has 21 heavy (non-hydrogen) atoms. The standard InChI is InChI=1S/C14H15F2NO4/c1-2-14(7-8-14)12(19)21-17-11(18)9-3-5-10(6-4-9)20-13(15)16/h3-6,13H,2,7-8H2,1H3,(H,17,18). The van der Waals surface area contributed by atoms with Gasteiger partial charge in [0.1, 0.15) is 5.75 Å². The highest BCUT2D eigenvalue weighted by molar-refractivity contribution is 5.94. The number of hydroxylamine groups is 1. The van der Waals surface area contributed by atoms with E-state index in [1.165, 1.54) is 24.3 Å². The van der Waals surface area contributed by atoms with Crippen LogP contribution in [0.5, 0.6) is 5.75 Å². The quantitative estimate of drug-likeness (QED) is 0.849. The van der Waals surface area contributed by atoms with E-state index >= 15 is 0 Å². The summed E-state index contributed by atoms with van der Waals surface area (Å²) in [5.41, 5.74) is 1.78. The minimum absolute atomic E-state index is 0.0542. The van der Waals surface area contributed by atoms with Gasteiger partial charge in [0.25, 0.3) is 5.91 Å². The van der Waals surface area contributed by atoms with Crippen LogP contribution in [0.1, 0.15) is 36.5 Å². The second-order valence-electron chi connectivity index (χ2n) is 4.86. The van der Waals surface area contributed by atoms with Gasteiger partial charge in [0.05, 0.1) is 5.41 Å². The molecule has 7 heteroatoms. The molecule has 0 heterocycles. The molecule has 1 fully saturated rings. The molecule has 114 valence electrons. The lowest BCUT2D eigenvalue weighted by molar-refractivity contribution is -0.155. The average Bonchev–Trinajstić information content (AvgIpc) is 3.25. The minimum Gasteiger partial charge on any atom is -0.435 e. The Balaban J connectivity index is 1.87. The summed E-state index contributed by atoms with van der Waals surface area (Å²) in [5.74, 6) is -1.13. The van der Waals surface area contributed by atoms with Gasteiger partial charge in [-0.05, 0) is 43.5 Å². The van der Waals surface area contributed by atoms with Crippen molar-refractivity contribution in [1.82, 2.24) is 5.48 Å². The molecule has 0 saturated heterocycles. The predicted molar refractivity (Wildman–Crippen MR) is 68.6 cm³/mol. The number of amides is 1. The second-order valence-corrected chi connectivity index (χ2v) is 4.86. The Kier molecular flexibility index (Phi) is 4.40. The highest BCUT2D eigenvalue weighted by atomic mass is 19.3. The summed E-state index contributed by atoms with van der Waals surface area (Å²) >= 11 is 0. The number of benzene rings is 1. The van der Waals surface area contributed by atoms with Gasteiger partial charge in [-0.25, -0.2) is 4.79 Å². The molecule has 1 N–H and O–H groups in total. The Morgan fingerprint density at radius 2 is 1.90 bits per heavy atom. The number of hydrogen-bond donors (Lipinski definition) is 1. The first kappa shape index (κ1) is 15.2. The van der Waals surface area contributed by atoms with Crippen LogP contribution in [0.2, 0.25) is 0 Å². The molecule has 0 atom stereocenters. The number of alkyl halides is 2. The Labute approximate surface area is 120 Å². The van der Waals surface area contributed by atoms with E-state index in [0.717, 1.165) is 12.8 Å². The zero-order valence-corrected chi connectivity index (χ0v) is 11.4.